The summed E-state index contributed by atoms with van der Waals surface area (Å²) in [6.07, 6.45) is 3.58. The lowest BCUT2D eigenvalue weighted by atomic mass is 10.1. The molecule has 25 heavy (non-hydrogen) atoms. The van der Waals surface area contributed by atoms with Gasteiger partial charge in [-0.05, 0) is 37.1 Å². The average Bonchev–Trinajstić information content (AvgIpc) is 2.62. The minimum Gasteiger partial charge on any atom is -0.481 e. The molecule has 2 N–H and O–H groups in total. The predicted molar refractivity (Wildman–Crippen MR) is 100 cm³/mol. The second kappa shape index (κ2) is 10.6. The summed E-state index contributed by atoms with van der Waals surface area (Å²) in [5.41, 5.74) is 0.683. The second-order valence-electron chi connectivity index (χ2n) is 5.73. The van der Waals surface area contributed by atoms with E-state index in [2.05, 4.69) is 5.32 Å². The van der Waals surface area contributed by atoms with Gasteiger partial charge in [0.2, 0.25) is 0 Å². The van der Waals surface area contributed by atoms with Gasteiger partial charge in [-0.1, -0.05) is 54.9 Å². The number of hydrogen-bond acceptors (Lipinski definition) is 3. The number of amides is 1. The first-order valence-corrected chi connectivity index (χ1v) is 9.30. The maximum absolute atomic E-state index is 12.4. The van der Waals surface area contributed by atoms with Crippen molar-refractivity contribution >= 4 is 23.6 Å². The first-order valence-electron chi connectivity index (χ1n) is 8.49. The molecule has 0 heterocycles. The maximum Gasteiger partial charge on any atom is 0.303 e. The quantitative estimate of drug-likeness (QED) is 0.610. The highest BCUT2D eigenvalue weighted by atomic mass is 32.2. The molecule has 0 spiro atoms. The predicted octanol–water partition coefficient (Wildman–Crippen LogP) is 4.60. The molecule has 0 unspecified atom stereocenters. The van der Waals surface area contributed by atoms with Crippen LogP contribution < -0.4 is 5.32 Å². The Hall–Kier alpha value is -2.27. The van der Waals surface area contributed by atoms with Gasteiger partial charge in [-0.25, -0.2) is 0 Å². The molecule has 0 aromatic heterocycles. The van der Waals surface area contributed by atoms with Crippen molar-refractivity contribution in [1.82, 2.24) is 5.32 Å². The van der Waals surface area contributed by atoms with E-state index in [1.807, 2.05) is 54.6 Å². The molecule has 0 saturated carbocycles. The monoisotopic (exact) mass is 357 g/mol. The highest BCUT2D eigenvalue weighted by molar-refractivity contribution is 7.99. The standard InChI is InChI=1S/C20H23NO3S/c22-19(23)14-6-1-2-9-15-21-20(24)17-12-7-8-13-18(17)25-16-10-4-3-5-11-16/h3-5,7-8,10-13H,1-2,6,9,14-15H2,(H,21,24)(H,22,23). The molecule has 1 amide bonds. The third kappa shape index (κ3) is 7.01. The Morgan fingerprint density at radius 2 is 1.56 bits per heavy atom. The lowest BCUT2D eigenvalue weighted by Crippen LogP contribution is -2.24. The van der Waals surface area contributed by atoms with Crippen molar-refractivity contribution < 1.29 is 14.7 Å². The van der Waals surface area contributed by atoms with Gasteiger partial charge in [0, 0.05) is 22.8 Å². The van der Waals surface area contributed by atoms with Crippen LogP contribution in [0.15, 0.2) is 64.4 Å². The molecule has 2 aromatic carbocycles. The number of hydrogen-bond donors (Lipinski definition) is 2. The minimum atomic E-state index is -0.749. The van der Waals surface area contributed by atoms with Crippen molar-refractivity contribution in [2.24, 2.45) is 0 Å². The molecule has 0 aliphatic rings. The van der Waals surface area contributed by atoms with Gasteiger partial charge in [0.15, 0.2) is 0 Å². The van der Waals surface area contributed by atoms with E-state index in [4.69, 9.17) is 5.11 Å². The van der Waals surface area contributed by atoms with Gasteiger partial charge in [0.25, 0.3) is 5.91 Å². The number of unbranched alkanes of at least 4 members (excludes halogenated alkanes) is 3. The molecule has 0 fully saturated rings. The van der Waals surface area contributed by atoms with E-state index in [1.165, 1.54) is 0 Å². The first kappa shape index (κ1) is 19.1. The lowest BCUT2D eigenvalue weighted by Gasteiger charge is -2.10. The number of rotatable bonds is 10. The number of carbonyl (C=O) groups is 2. The summed E-state index contributed by atoms with van der Waals surface area (Å²) in [5.74, 6) is -0.814. The summed E-state index contributed by atoms with van der Waals surface area (Å²) in [5, 5.41) is 11.5. The van der Waals surface area contributed by atoms with Crippen molar-refractivity contribution in [2.45, 2.75) is 41.9 Å². The fraction of sp³-hybridized carbons (Fsp3) is 0.300. The van der Waals surface area contributed by atoms with Crippen molar-refractivity contribution in [2.75, 3.05) is 6.54 Å². The summed E-state index contributed by atoms with van der Waals surface area (Å²) >= 11 is 1.58. The molecule has 0 saturated heterocycles. The van der Waals surface area contributed by atoms with Crippen LogP contribution in [0.3, 0.4) is 0 Å². The van der Waals surface area contributed by atoms with Crippen LogP contribution in [0.5, 0.6) is 0 Å². The highest BCUT2D eigenvalue weighted by Gasteiger charge is 2.11. The zero-order valence-corrected chi connectivity index (χ0v) is 14.9. The number of carboxylic acids is 1. The SMILES string of the molecule is O=C(O)CCCCCCNC(=O)c1ccccc1Sc1ccccc1. The Balaban J connectivity index is 1.80. The molecule has 0 radical (unpaired) electrons. The average molecular weight is 357 g/mol. The molecular weight excluding hydrogens is 334 g/mol. The van der Waals surface area contributed by atoms with E-state index in [1.54, 1.807) is 11.8 Å². The zero-order chi connectivity index (χ0) is 17.9. The van der Waals surface area contributed by atoms with Crippen LogP contribution in [-0.2, 0) is 4.79 Å². The Kier molecular flexibility index (Phi) is 8.05. The van der Waals surface area contributed by atoms with E-state index in [0.717, 1.165) is 29.1 Å². The van der Waals surface area contributed by atoms with Crippen molar-refractivity contribution in [3.63, 3.8) is 0 Å². The number of carboxylic acid groups (broad SMARTS) is 1. The Morgan fingerprint density at radius 1 is 0.880 bits per heavy atom. The maximum atomic E-state index is 12.4. The van der Waals surface area contributed by atoms with Crippen molar-refractivity contribution in [1.29, 1.82) is 0 Å². The topological polar surface area (TPSA) is 66.4 Å². The first-order chi connectivity index (χ1) is 12.2. The fourth-order valence-electron chi connectivity index (χ4n) is 2.41. The fourth-order valence-corrected chi connectivity index (χ4v) is 3.38. The summed E-state index contributed by atoms with van der Waals surface area (Å²) in [4.78, 5) is 24.9. The smallest absolute Gasteiger partial charge is 0.303 e. The van der Waals surface area contributed by atoms with Gasteiger partial charge >= 0.3 is 5.97 Å². The molecule has 0 aliphatic carbocycles. The Morgan fingerprint density at radius 3 is 2.32 bits per heavy atom. The number of benzene rings is 2. The molecule has 132 valence electrons. The zero-order valence-electron chi connectivity index (χ0n) is 14.1. The van der Waals surface area contributed by atoms with E-state index >= 15 is 0 Å². The summed E-state index contributed by atoms with van der Waals surface area (Å²) < 4.78 is 0. The number of carbonyl (C=O) groups excluding carboxylic acids is 1. The third-order valence-corrected chi connectivity index (χ3v) is 4.79. The molecule has 0 bridgehead atoms. The van der Waals surface area contributed by atoms with Crippen LogP contribution in [0.1, 0.15) is 42.5 Å². The minimum absolute atomic E-state index is 0.0652. The molecule has 2 aromatic rings. The van der Waals surface area contributed by atoms with Crippen LogP contribution in [0.25, 0.3) is 0 Å². The summed E-state index contributed by atoms with van der Waals surface area (Å²) in [6.45, 7) is 0.607. The molecule has 2 rings (SSSR count). The van der Waals surface area contributed by atoms with Crippen LogP contribution >= 0.6 is 11.8 Å². The van der Waals surface area contributed by atoms with Gasteiger partial charge in [-0.15, -0.1) is 0 Å². The summed E-state index contributed by atoms with van der Waals surface area (Å²) in [6, 6.07) is 17.6. The highest BCUT2D eigenvalue weighted by Crippen LogP contribution is 2.30. The van der Waals surface area contributed by atoms with E-state index < -0.39 is 5.97 Å². The van der Waals surface area contributed by atoms with E-state index in [0.29, 0.717) is 18.5 Å². The molecule has 0 atom stereocenters. The van der Waals surface area contributed by atoms with Crippen LogP contribution in [0.4, 0.5) is 0 Å². The number of nitrogens with one attached hydrogen (secondary N) is 1. The van der Waals surface area contributed by atoms with Crippen LogP contribution in [0, 0.1) is 0 Å². The molecule has 0 aliphatic heterocycles. The van der Waals surface area contributed by atoms with Crippen molar-refractivity contribution in [3.05, 3.63) is 60.2 Å². The lowest BCUT2D eigenvalue weighted by molar-refractivity contribution is -0.137. The van der Waals surface area contributed by atoms with Gasteiger partial charge in [0.05, 0.1) is 5.56 Å². The number of aliphatic carboxylic acids is 1. The van der Waals surface area contributed by atoms with Crippen LogP contribution in [0.2, 0.25) is 0 Å². The normalized spacial score (nSPS) is 10.4. The Labute approximate surface area is 152 Å². The Bertz CT molecular complexity index is 688. The van der Waals surface area contributed by atoms with Gasteiger partial charge < -0.3 is 10.4 Å². The van der Waals surface area contributed by atoms with Gasteiger partial charge in [0.1, 0.15) is 0 Å². The van der Waals surface area contributed by atoms with E-state index in [-0.39, 0.29) is 12.3 Å². The second-order valence-corrected chi connectivity index (χ2v) is 6.84. The molecular formula is C20H23NO3S. The molecule has 5 heteroatoms. The van der Waals surface area contributed by atoms with E-state index in [9.17, 15) is 9.59 Å². The summed E-state index contributed by atoms with van der Waals surface area (Å²) in [7, 11) is 0. The van der Waals surface area contributed by atoms with Gasteiger partial charge in [-0.3, -0.25) is 9.59 Å². The third-order valence-electron chi connectivity index (χ3n) is 3.71. The largest absolute Gasteiger partial charge is 0.481 e. The van der Waals surface area contributed by atoms with Gasteiger partial charge in [-0.2, -0.15) is 0 Å². The van der Waals surface area contributed by atoms with Crippen molar-refractivity contribution in [3.8, 4) is 0 Å². The molecule has 4 nitrogen and oxygen atoms in total. The van der Waals surface area contributed by atoms with Crippen LogP contribution in [-0.4, -0.2) is 23.5 Å².